The average molecular weight is 252 g/mol. The minimum Gasteiger partial charge on any atom is -0.465 e. The van der Waals surface area contributed by atoms with Gasteiger partial charge >= 0.3 is 5.97 Å². The van der Waals surface area contributed by atoms with Crippen LogP contribution in [0.15, 0.2) is 34.9 Å². The third-order valence-electron chi connectivity index (χ3n) is 2.24. The molecule has 0 unspecified atom stereocenters. The number of aromatic nitrogens is 1. The Kier molecular flexibility index (Phi) is 3.44. The van der Waals surface area contributed by atoms with Crippen molar-refractivity contribution >= 4 is 17.6 Å². The van der Waals surface area contributed by atoms with E-state index in [0.29, 0.717) is 23.0 Å². The van der Waals surface area contributed by atoms with Crippen LogP contribution in [0.4, 0.5) is 0 Å². The summed E-state index contributed by atoms with van der Waals surface area (Å²) < 4.78 is 9.86. The first-order valence-corrected chi connectivity index (χ1v) is 5.47. The van der Waals surface area contributed by atoms with Crippen molar-refractivity contribution in [3.05, 3.63) is 41.8 Å². The number of nitrogens with zero attached hydrogens (tertiary/aromatic N) is 1. The number of alkyl halides is 1. The van der Waals surface area contributed by atoms with Crippen molar-refractivity contribution in [2.24, 2.45) is 0 Å². The number of esters is 1. The molecule has 1 aromatic heterocycles. The van der Waals surface area contributed by atoms with Crippen LogP contribution in [-0.4, -0.2) is 18.1 Å². The second-order valence-electron chi connectivity index (χ2n) is 3.35. The van der Waals surface area contributed by atoms with Gasteiger partial charge < -0.3 is 9.15 Å². The van der Waals surface area contributed by atoms with Gasteiger partial charge in [0.2, 0.25) is 5.89 Å². The highest BCUT2D eigenvalue weighted by atomic mass is 35.5. The van der Waals surface area contributed by atoms with E-state index in [1.165, 1.54) is 13.4 Å². The van der Waals surface area contributed by atoms with Crippen LogP contribution in [0.3, 0.4) is 0 Å². The Labute approximate surface area is 103 Å². The Morgan fingerprint density at radius 2 is 2.12 bits per heavy atom. The maximum absolute atomic E-state index is 11.2. The van der Waals surface area contributed by atoms with Crippen LogP contribution in [-0.2, 0) is 10.6 Å². The largest absolute Gasteiger partial charge is 0.465 e. The Bertz CT molecular complexity index is 519. The number of rotatable bonds is 3. The molecule has 0 atom stereocenters. The zero-order valence-corrected chi connectivity index (χ0v) is 9.90. The minimum atomic E-state index is -0.370. The van der Waals surface area contributed by atoms with Gasteiger partial charge in [0.1, 0.15) is 6.26 Å². The van der Waals surface area contributed by atoms with Crippen LogP contribution in [0.1, 0.15) is 16.1 Å². The lowest BCUT2D eigenvalue weighted by Crippen LogP contribution is -2.00. The summed E-state index contributed by atoms with van der Waals surface area (Å²) in [5.74, 6) is 0.423. The van der Waals surface area contributed by atoms with Gasteiger partial charge in [-0.25, -0.2) is 9.78 Å². The van der Waals surface area contributed by atoms with Gasteiger partial charge in [0.15, 0.2) is 0 Å². The number of benzene rings is 1. The molecule has 0 saturated carbocycles. The van der Waals surface area contributed by atoms with Crippen LogP contribution in [0.5, 0.6) is 0 Å². The van der Waals surface area contributed by atoms with E-state index in [0.717, 1.165) is 5.56 Å². The molecule has 88 valence electrons. The number of ether oxygens (including phenoxy) is 1. The zero-order valence-electron chi connectivity index (χ0n) is 9.14. The summed E-state index contributed by atoms with van der Waals surface area (Å²) >= 11 is 5.63. The summed E-state index contributed by atoms with van der Waals surface area (Å²) in [6.07, 6.45) is 1.51. The molecule has 0 spiro atoms. The van der Waals surface area contributed by atoms with Crippen LogP contribution in [0.2, 0.25) is 0 Å². The predicted octanol–water partition coefficient (Wildman–Crippen LogP) is 2.87. The van der Waals surface area contributed by atoms with Gasteiger partial charge in [-0.3, -0.25) is 0 Å². The first-order valence-electron chi connectivity index (χ1n) is 4.93. The zero-order chi connectivity index (χ0) is 12.3. The van der Waals surface area contributed by atoms with Crippen molar-refractivity contribution < 1.29 is 13.9 Å². The standard InChI is InChI=1S/C12H10ClNO3/c1-16-12(15)9-4-2-8(3-5-9)11-14-10(6-13)7-17-11/h2-5,7H,6H2,1H3. The lowest BCUT2D eigenvalue weighted by Gasteiger charge is -1.99. The SMILES string of the molecule is COC(=O)c1ccc(-c2nc(CCl)co2)cc1. The summed E-state index contributed by atoms with van der Waals surface area (Å²) in [6, 6.07) is 6.81. The van der Waals surface area contributed by atoms with Crippen molar-refractivity contribution in [1.29, 1.82) is 0 Å². The number of halogens is 1. The molecule has 1 aromatic carbocycles. The van der Waals surface area contributed by atoms with Crippen LogP contribution in [0.25, 0.3) is 11.5 Å². The molecule has 0 saturated heterocycles. The summed E-state index contributed by atoms with van der Waals surface area (Å²) in [5, 5.41) is 0. The van der Waals surface area contributed by atoms with Crippen LogP contribution in [0, 0.1) is 0 Å². The van der Waals surface area contributed by atoms with E-state index in [9.17, 15) is 4.79 Å². The van der Waals surface area contributed by atoms with E-state index in [4.69, 9.17) is 16.0 Å². The summed E-state index contributed by atoms with van der Waals surface area (Å²) in [4.78, 5) is 15.4. The Morgan fingerprint density at radius 3 is 2.65 bits per heavy atom. The molecule has 2 aromatic rings. The smallest absolute Gasteiger partial charge is 0.337 e. The number of carbonyl (C=O) groups is 1. The van der Waals surface area contributed by atoms with Gasteiger partial charge in [-0.05, 0) is 24.3 Å². The molecule has 2 rings (SSSR count). The average Bonchev–Trinajstić information content (AvgIpc) is 2.87. The molecule has 1 heterocycles. The van der Waals surface area contributed by atoms with Crippen molar-refractivity contribution in [2.75, 3.05) is 7.11 Å². The van der Waals surface area contributed by atoms with Crippen molar-refractivity contribution in [1.82, 2.24) is 4.98 Å². The molecule has 0 amide bonds. The molecule has 5 heteroatoms. The molecule has 0 N–H and O–H groups in total. The van der Waals surface area contributed by atoms with Crippen molar-refractivity contribution in [3.63, 3.8) is 0 Å². The third-order valence-corrected chi connectivity index (χ3v) is 2.52. The third kappa shape index (κ3) is 2.47. The van der Waals surface area contributed by atoms with E-state index in [1.54, 1.807) is 24.3 Å². The predicted molar refractivity (Wildman–Crippen MR) is 62.8 cm³/mol. The fourth-order valence-corrected chi connectivity index (χ4v) is 1.49. The minimum absolute atomic E-state index is 0.309. The number of oxazole rings is 1. The lowest BCUT2D eigenvalue weighted by atomic mass is 10.1. The second kappa shape index (κ2) is 5.01. The summed E-state index contributed by atoms with van der Waals surface area (Å²) in [7, 11) is 1.34. The van der Waals surface area contributed by atoms with Gasteiger partial charge in [0, 0.05) is 5.56 Å². The maximum Gasteiger partial charge on any atom is 0.337 e. The molecule has 0 radical (unpaired) electrons. The quantitative estimate of drug-likeness (QED) is 0.622. The Balaban J connectivity index is 2.25. The number of hydrogen-bond donors (Lipinski definition) is 0. The fourth-order valence-electron chi connectivity index (χ4n) is 1.37. The number of carbonyl (C=O) groups excluding carboxylic acids is 1. The molecule has 0 aliphatic heterocycles. The van der Waals surface area contributed by atoms with Crippen molar-refractivity contribution in [2.45, 2.75) is 5.88 Å². The monoisotopic (exact) mass is 251 g/mol. The molecule has 0 aliphatic rings. The van der Waals surface area contributed by atoms with Gasteiger partial charge in [-0.15, -0.1) is 11.6 Å². The molecule has 4 nitrogen and oxygen atoms in total. The summed E-state index contributed by atoms with van der Waals surface area (Å²) in [5.41, 5.74) is 1.95. The van der Waals surface area contributed by atoms with E-state index >= 15 is 0 Å². The van der Waals surface area contributed by atoms with Crippen molar-refractivity contribution in [3.8, 4) is 11.5 Å². The van der Waals surface area contributed by atoms with Gasteiger partial charge in [0.05, 0.1) is 24.2 Å². The fraction of sp³-hybridized carbons (Fsp3) is 0.167. The van der Waals surface area contributed by atoms with Gasteiger partial charge in [0.25, 0.3) is 0 Å². The Morgan fingerprint density at radius 1 is 1.41 bits per heavy atom. The lowest BCUT2D eigenvalue weighted by molar-refractivity contribution is 0.0601. The maximum atomic E-state index is 11.2. The number of methoxy groups -OCH3 is 1. The van der Waals surface area contributed by atoms with Gasteiger partial charge in [-0.1, -0.05) is 0 Å². The first-order chi connectivity index (χ1) is 8.24. The van der Waals surface area contributed by atoms with Crippen LogP contribution < -0.4 is 0 Å². The Hall–Kier alpha value is -1.81. The highest BCUT2D eigenvalue weighted by Gasteiger charge is 2.08. The van der Waals surface area contributed by atoms with Gasteiger partial charge in [-0.2, -0.15) is 0 Å². The second-order valence-corrected chi connectivity index (χ2v) is 3.61. The molecule has 0 fully saturated rings. The number of hydrogen-bond acceptors (Lipinski definition) is 4. The molecular formula is C12H10ClNO3. The highest BCUT2D eigenvalue weighted by molar-refractivity contribution is 6.16. The molecule has 0 aliphatic carbocycles. The molecule has 17 heavy (non-hydrogen) atoms. The van der Waals surface area contributed by atoms with E-state index < -0.39 is 0 Å². The normalized spacial score (nSPS) is 10.2. The van der Waals surface area contributed by atoms with Crippen LogP contribution >= 0.6 is 11.6 Å². The summed E-state index contributed by atoms with van der Waals surface area (Å²) in [6.45, 7) is 0. The molecule has 0 bridgehead atoms. The topological polar surface area (TPSA) is 52.3 Å². The highest BCUT2D eigenvalue weighted by Crippen LogP contribution is 2.20. The molecular weight excluding hydrogens is 242 g/mol. The van der Waals surface area contributed by atoms with E-state index in [2.05, 4.69) is 9.72 Å². The van der Waals surface area contributed by atoms with E-state index in [1.807, 2.05) is 0 Å². The first kappa shape index (κ1) is 11.7. The van der Waals surface area contributed by atoms with E-state index in [-0.39, 0.29) is 5.97 Å².